The van der Waals surface area contributed by atoms with Crippen LogP contribution in [-0.4, -0.2) is 30.8 Å². The number of hydrogen-bond acceptors (Lipinski definition) is 5. The highest BCUT2D eigenvalue weighted by molar-refractivity contribution is 6.06. The highest BCUT2D eigenvalue weighted by Crippen LogP contribution is 2.23. The second kappa shape index (κ2) is 7.30. The van der Waals surface area contributed by atoms with Crippen LogP contribution in [-0.2, 0) is 14.4 Å². The van der Waals surface area contributed by atoms with Gasteiger partial charge in [0.1, 0.15) is 11.6 Å². The molecule has 1 heterocycles. The van der Waals surface area contributed by atoms with Gasteiger partial charge in [0.05, 0.1) is 24.1 Å². The van der Waals surface area contributed by atoms with Crippen molar-refractivity contribution in [3.63, 3.8) is 0 Å². The van der Waals surface area contributed by atoms with Crippen molar-refractivity contribution >= 4 is 23.3 Å². The van der Waals surface area contributed by atoms with Crippen LogP contribution in [0.15, 0.2) is 47.6 Å². The molecule has 2 aromatic rings. The van der Waals surface area contributed by atoms with Crippen LogP contribution in [0.1, 0.15) is 22.3 Å². The monoisotopic (exact) mass is 360 g/mol. The van der Waals surface area contributed by atoms with Gasteiger partial charge in [-0.1, -0.05) is 35.5 Å². The maximum atomic E-state index is 13.9. The first-order valence-corrected chi connectivity index (χ1v) is 7.66. The van der Waals surface area contributed by atoms with Crippen LogP contribution in [0.25, 0.3) is 0 Å². The SMILES string of the molecule is COC(=O)c1cc(NC(=O)C2CC(c3ccccc3)=NO2)c(F)cc1F. The Balaban J connectivity index is 1.72. The van der Waals surface area contributed by atoms with Crippen molar-refractivity contribution in [2.75, 3.05) is 12.4 Å². The van der Waals surface area contributed by atoms with Crippen LogP contribution >= 0.6 is 0 Å². The van der Waals surface area contributed by atoms with Crippen LogP contribution in [0, 0.1) is 11.6 Å². The summed E-state index contributed by atoms with van der Waals surface area (Å²) in [5.74, 6) is -3.75. The maximum absolute atomic E-state index is 13.9. The zero-order valence-corrected chi connectivity index (χ0v) is 13.7. The summed E-state index contributed by atoms with van der Waals surface area (Å²) in [4.78, 5) is 28.9. The smallest absolute Gasteiger partial charge is 0.340 e. The van der Waals surface area contributed by atoms with E-state index in [1.165, 1.54) is 0 Å². The van der Waals surface area contributed by atoms with Gasteiger partial charge in [-0.05, 0) is 11.6 Å². The number of nitrogens with zero attached hydrogens (tertiary/aromatic N) is 1. The van der Waals surface area contributed by atoms with E-state index in [0.717, 1.165) is 18.7 Å². The second-order valence-corrected chi connectivity index (χ2v) is 5.49. The number of ether oxygens (including phenoxy) is 1. The molecule has 0 fully saturated rings. The fraction of sp³-hybridized carbons (Fsp3) is 0.167. The van der Waals surface area contributed by atoms with E-state index in [-0.39, 0.29) is 12.1 Å². The van der Waals surface area contributed by atoms with Gasteiger partial charge in [-0.15, -0.1) is 0 Å². The Kier molecular flexibility index (Phi) is 4.92. The molecule has 26 heavy (non-hydrogen) atoms. The third kappa shape index (κ3) is 3.53. The number of oxime groups is 1. The number of amides is 1. The molecular weight excluding hydrogens is 346 g/mol. The lowest BCUT2D eigenvalue weighted by Gasteiger charge is -2.11. The first-order valence-electron chi connectivity index (χ1n) is 7.66. The van der Waals surface area contributed by atoms with Crippen molar-refractivity contribution in [1.82, 2.24) is 0 Å². The summed E-state index contributed by atoms with van der Waals surface area (Å²) >= 11 is 0. The predicted molar refractivity (Wildman–Crippen MR) is 88.8 cm³/mol. The lowest BCUT2D eigenvalue weighted by atomic mass is 10.0. The van der Waals surface area contributed by atoms with E-state index >= 15 is 0 Å². The fourth-order valence-corrected chi connectivity index (χ4v) is 2.44. The van der Waals surface area contributed by atoms with E-state index in [2.05, 4.69) is 15.2 Å². The minimum Gasteiger partial charge on any atom is -0.465 e. The van der Waals surface area contributed by atoms with E-state index in [4.69, 9.17) is 4.84 Å². The average Bonchev–Trinajstić information content (AvgIpc) is 3.14. The van der Waals surface area contributed by atoms with Crippen molar-refractivity contribution in [3.8, 4) is 0 Å². The number of carbonyl (C=O) groups is 2. The molecular formula is C18H14F2N2O4. The van der Waals surface area contributed by atoms with Crippen LogP contribution in [0.4, 0.5) is 14.5 Å². The Labute approximate surface area is 147 Å². The third-order valence-electron chi connectivity index (χ3n) is 3.79. The van der Waals surface area contributed by atoms with Gasteiger partial charge in [0, 0.05) is 12.5 Å². The standard InChI is InChI=1S/C18H14F2N2O4/c1-25-18(24)11-7-15(13(20)8-12(11)19)21-17(23)16-9-14(22-26-16)10-5-3-2-4-6-10/h2-8,16H,9H2,1H3,(H,21,23). The molecule has 1 N–H and O–H groups in total. The predicted octanol–water partition coefficient (Wildman–Crippen LogP) is 2.88. The first-order chi connectivity index (χ1) is 12.5. The molecule has 0 saturated heterocycles. The molecule has 1 aliphatic rings. The maximum Gasteiger partial charge on any atom is 0.340 e. The zero-order chi connectivity index (χ0) is 18.7. The van der Waals surface area contributed by atoms with Crippen molar-refractivity contribution in [1.29, 1.82) is 0 Å². The van der Waals surface area contributed by atoms with Gasteiger partial charge >= 0.3 is 5.97 Å². The van der Waals surface area contributed by atoms with Crippen LogP contribution in [0.2, 0.25) is 0 Å². The van der Waals surface area contributed by atoms with E-state index in [9.17, 15) is 18.4 Å². The van der Waals surface area contributed by atoms with Crippen LogP contribution in [0.3, 0.4) is 0 Å². The molecule has 1 amide bonds. The Morgan fingerprint density at radius 2 is 1.92 bits per heavy atom. The number of rotatable bonds is 4. The quantitative estimate of drug-likeness (QED) is 0.851. The van der Waals surface area contributed by atoms with Gasteiger partial charge in [0.15, 0.2) is 0 Å². The van der Waals surface area contributed by atoms with Gasteiger partial charge in [0.2, 0.25) is 6.10 Å². The summed E-state index contributed by atoms with van der Waals surface area (Å²) in [6, 6.07) is 10.5. The molecule has 0 radical (unpaired) electrons. The minimum atomic E-state index is -1.08. The largest absolute Gasteiger partial charge is 0.465 e. The van der Waals surface area contributed by atoms with Gasteiger partial charge in [-0.3, -0.25) is 4.79 Å². The topological polar surface area (TPSA) is 77.0 Å². The summed E-state index contributed by atoms with van der Waals surface area (Å²) in [7, 11) is 1.07. The van der Waals surface area contributed by atoms with Gasteiger partial charge in [-0.2, -0.15) is 0 Å². The Morgan fingerprint density at radius 1 is 1.19 bits per heavy atom. The normalized spacial score (nSPS) is 15.8. The molecule has 1 atom stereocenters. The summed E-state index contributed by atoms with van der Waals surface area (Å²) in [5, 5.41) is 6.16. The molecule has 134 valence electrons. The molecule has 1 unspecified atom stereocenters. The lowest BCUT2D eigenvalue weighted by molar-refractivity contribution is -0.125. The molecule has 0 spiro atoms. The number of benzene rings is 2. The highest BCUT2D eigenvalue weighted by atomic mass is 19.1. The summed E-state index contributed by atoms with van der Waals surface area (Å²) in [6.07, 6.45) is -0.765. The van der Waals surface area contributed by atoms with Crippen molar-refractivity contribution < 1.29 is 27.9 Å². The number of nitrogens with one attached hydrogen (secondary N) is 1. The van der Waals surface area contributed by atoms with E-state index in [1.807, 2.05) is 30.3 Å². The van der Waals surface area contributed by atoms with E-state index in [1.54, 1.807) is 0 Å². The molecule has 1 aliphatic heterocycles. The molecule has 6 nitrogen and oxygen atoms in total. The number of carbonyl (C=O) groups excluding carboxylic acids is 2. The fourth-order valence-electron chi connectivity index (χ4n) is 2.44. The van der Waals surface area contributed by atoms with Crippen molar-refractivity contribution in [2.24, 2.45) is 5.16 Å². The molecule has 0 aromatic heterocycles. The Bertz CT molecular complexity index is 884. The van der Waals surface area contributed by atoms with E-state index in [0.29, 0.717) is 11.8 Å². The molecule has 0 saturated carbocycles. The number of halogens is 2. The summed E-state index contributed by atoms with van der Waals surface area (Å²) in [6.45, 7) is 0. The van der Waals surface area contributed by atoms with E-state index < -0.39 is 35.2 Å². The third-order valence-corrected chi connectivity index (χ3v) is 3.79. The van der Waals surface area contributed by atoms with Gasteiger partial charge in [-0.25, -0.2) is 13.6 Å². The molecule has 0 aliphatic carbocycles. The molecule has 3 rings (SSSR count). The minimum absolute atomic E-state index is 0.197. The van der Waals surface area contributed by atoms with Crippen LogP contribution in [0.5, 0.6) is 0 Å². The van der Waals surface area contributed by atoms with Crippen LogP contribution < -0.4 is 5.32 Å². The zero-order valence-electron chi connectivity index (χ0n) is 13.7. The summed E-state index contributed by atoms with van der Waals surface area (Å²) in [5.41, 5.74) is 0.552. The summed E-state index contributed by atoms with van der Waals surface area (Å²) < 4.78 is 32.0. The Morgan fingerprint density at radius 3 is 2.62 bits per heavy atom. The number of esters is 1. The Hall–Kier alpha value is -3.29. The number of hydrogen-bond donors (Lipinski definition) is 1. The lowest BCUT2D eigenvalue weighted by Crippen LogP contribution is -2.28. The average molecular weight is 360 g/mol. The number of methoxy groups -OCH3 is 1. The van der Waals surface area contributed by atoms with Crippen molar-refractivity contribution in [2.45, 2.75) is 12.5 Å². The van der Waals surface area contributed by atoms with Gasteiger partial charge in [0.25, 0.3) is 5.91 Å². The van der Waals surface area contributed by atoms with Gasteiger partial charge < -0.3 is 14.9 Å². The second-order valence-electron chi connectivity index (χ2n) is 5.49. The highest BCUT2D eigenvalue weighted by Gasteiger charge is 2.30. The molecule has 2 aromatic carbocycles. The van der Waals surface area contributed by atoms with Crippen molar-refractivity contribution in [3.05, 3.63) is 65.2 Å². The first kappa shape index (κ1) is 17.5. The molecule has 8 heteroatoms. The number of anilines is 1. The molecule has 0 bridgehead atoms.